The van der Waals surface area contributed by atoms with Crippen LogP contribution >= 0.6 is 0 Å². The fourth-order valence-corrected chi connectivity index (χ4v) is 1.78. The predicted molar refractivity (Wildman–Crippen MR) is 70.6 cm³/mol. The van der Waals surface area contributed by atoms with Crippen LogP contribution in [0, 0.1) is 0 Å². The molecule has 0 aliphatic rings. The topological polar surface area (TPSA) is 76.2 Å². The average molecular weight is 261 g/mol. The van der Waals surface area contributed by atoms with Crippen LogP contribution in [0.5, 0.6) is 5.88 Å². The first-order valence-electron chi connectivity index (χ1n) is 5.93. The Morgan fingerprint density at radius 2 is 2.16 bits per heavy atom. The van der Waals surface area contributed by atoms with E-state index in [-0.39, 0.29) is 12.5 Å². The summed E-state index contributed by atoms with van der Waals surface area (Å²) in [5.41, 5.74) is 1.12. The Bertz CT molecular complexity index is 631. The van der Waals surface area contributed by atoms with E-state index in [1.807, 2.05) is 24.3 Å². The summed E-state index contributed by atoms with van der Waals surface area (Å²) in [5, 5.41) is 18.1. The van der Waals surface area contributed by atoms with Crippen LogP contribution in [0.25, 0.3) is 10.9 Å². The lowest BCUT2D eigenvalue weighted by Gasteiger charge is -1.95. The first kappa shape index (κ1) is 13.2. The number of aromatic hydroxyl groups is 1. The lowest BCUT2D eigenvalue weighted by atomic mass is 10.2. The Morgan fingerprint density at radius 3 is 2.89 bits per heavy atom. The van der Waals surface area contributed by atoms with Crippen molar-refractivity contribution >= 4 is 22.5 Å². The van der Waals surface area contributed by atoms with Crippen LogP contribution in [-0.4, -0.2) is 28.8 Å². The maximum Gasteiger partial charge on any atom is 0.290 e. The van der Waals surface area contributed by atoms with Gasteiger partial charge in [0.15, 0.2) is 5.69 Å². The zero-order valence-corrected chi connectivity index (χ0v) is 10.8. The van der Waals surface area contributed by atoms with Crippen LogP contribution in [0.2, 0.25) is 0 Å². The number of hydrogen-bond acceptors (Lipinski definition) is 4. The van der Waals surface area contributed by atoms with Crippen LogP contribution < -0.4 is 0 Å². The smallest absolute Gasteiger partial charge is 0.290 e. The van der Waals surface area contributed by atoms with Gasteiger partial charge in [-0.15, -0.1) is 10.2 Å². The van der Waals surface area contributed by atoms with Crippen LogP contribution in [0.3, 0.4) is 0 Å². The minimum atomic E-state index is -0.478. The summed E-state index contributed by atoms with van der Waals surface area (Å²) in [6.07, 6.45) is 0. The van der Waals surface area contributed by atoms with Gasteiger partial charge >= 0.3 is 0 Å². The van der Waals surface area contributed by atoms with Gasteiger partial charge in [-0.3, -0.25) is 4.79 Å². The number of fused-ring (bicyclic) bond motifs is 1. The van der Waals surface area contributed by atoms with Crippen molar-refractivity contribution in [3.8, 4) is 5.88 Å². The summed E-state index contributed by atoms with van der Waals surface area (Å²) >= 11 is 0. The third-order valence-corrected chi connectivity index (χ3v) is 2.74. The molecule has 0 aliphatic carbocycles. The molecule has 0 spiro atoms. The molecule has 0 atom stereocenters. The molecule has 1 heterocycles. The number of para-hydroxylation sites is 1. The normalized spacial score (nSPS) is 11.5. The molecule has 19 heavy (non-hydrogen) atoms. The van der Waals surface area contributed by atoms with Gasteiger partial charge in [-0.25, -0.2) is 0 Å². The van der Waals surface area contributed by atoms with E-state index in [0.717, 1.165) is 10.9 Å². The molecule has 1 aromatic carbocycles. The molecule has 0 fully saturated rings. The number of carbonyl (C=O) groups is 1. The van der Waals surface area contributed by atoms with Gasteiger partial charge in [-0.1, -0.05) is 18.2 Å². The average Bonchev–Trinajstić information content (AvgIpc) is 2.67. The molecule has 0 unspecified atom stereocenters. The summed E-state index contributed by atoms with van der Waals surface area (Å²) in [6, 6.07) is 7.37. The Labute approximate surface area is 110 Å². The van der Waals surface area contributed by atoms with E-state index in [9.17, 15) is 9.90 Å². The number of rotatable bonds is 4. The highest BCUT2D eigenvalue weighted by Gasteiger charge is 2.13. The van der Waals surface area contributed by atoms with Gasteiger partial charge in [-0.05, 0) is 13.0 Å². The second-order valence-corrected chi connectivity index (χ2v) is 3.98. The fourth-order valence-electron chi connectivity index (χ4n) is 1.78. The Hall–Kier alpha value is -2.21. The number of nitrogens with zero attached hydrogens (tertiary/aromatic N) is 3. The van der Waals surface area contributed by atoms with Gasteiger partial charge in [0, 0.05) is 19.0 Å². The van der Waals surface area contributed by atoms with E-state index in [1.54, 1.807) is 18.5 Å². The maximum absolute atomic E-state index is 11.4. The fraction of sp³-hybridized carbons (Fsp3) is 0.308. The number of ether oxygens (including phenoxy) is 1. The van der Waals surface area contributed by atoms with Gasteiger partial charge in [0.2, 0.25) is 5.88 Å². The number of carbonyl (C=O) groups excluding carboxylic acids is 1. The molecule has 0 saturated heterocycles. The summed E-state index contributed by atoms with van der Waals surface area (Å²) < 4.78 is 6.53. The van der Waals surface area contributed by atoms with Gasteiger partial charge in [-0.2, -0.15) is 0 Å². The quantitative estimate of drug-likeness (QED) is 0.859. The van der Waals surface area contributed by atoms with E-state index in [2.05, 4.69) is 10.2 Å². The molecule has 0 aliphatic heterocycles. The van der Waals surface area contributed by atoms with E-state index in [1.165, 1.54) is 0 Å². The van der Waals surface area contributed by atoms with Crippen molar-refractivity contribution in [3.05, 3.63) is 24.3 Å². The molecular formula is C13H15N3O3. The summed E-state index contributed by atoms with van der Waals surface area (Å²) in [6.45, 7) is 2.13. The van der Waals surface area contributed by atoms with Crippen LogP contribution in [-0.2, 0) is 16.6 Å². The van der Waals surface area contributed by atoms with E-state index in [0.29, 0.717) is 12.3 Å². The van der Waals surface area contributed by atoms with Crippen molar-refractivity contribution < 1.29 is 14.6 Å². The Balaban J connectivity index is 2.33. The summed E-state index contributed by atoms with van der Waals surface area (Å²) in [7, 11) is 1.72. The highest BCUT2D eigenvalue weighted by Crippen LogP contribution is 2.37. The molecule has 1 amide bonds. The van der Waals surface area contributed by atoms with Crippen molar-refractivity contribution in [2.45, 2.75) is 6.92 Å². The molecule has 1 N–H and O–H groups in total. The highest BCUT2D eigenvalue weighted by molar-refractivity contribution is 5.95. The molecule has 6 heteroatoms. The lowest BCUT2D eigenvalue weighted by molar-refractivity contribution is -0.122. The Kier molecular flexibility index (Phi) is 3.91. The van der Waals surface area contributed by atoms with Gasteiger partial charge in [0.25, 0.3) is 5.91 Å². The van der Waals surface area contributed by atoms with Gasteiger partial charge < -0.3 is 14.4 Å². The lowest BCUT2D eigenvalue weighted by Crippen LogP contribution is -2.04. The first-order chi connectivity index (χ1) is 9.15. The van der Waals surface area contributed by atoms with Gasteiger partial charge in [0.1, 0.15) is 6.61 Å². The van der Waals surface area contributed by atoms with Crippen molar-refractivity contribution in [3.63, 3.8) is 0 Å². The largest absolute Gasteiger partial charge is 0.493 e. The van der Waals surface area contributed by atoms with Crippen molar-refractivity contribution in [1.29, 1.82) is 0 Å². The molecule has 0 saturated carbocycles. The van der Waals surface area contributed by atoms with Crippen molar-refractivity contribution in [2.75, 3.05) is 13.2 Å². The van der Waals surface area contributed by atoms with Crippen molar-refractivity contribution in [2.24, 2.45) is 17.3 Å². The molecule has 2 rings (SSSR count). The molecule has 0 radical (unpaired) electrons. The second kappa shape index (κ2) is 5.62. The number of benzene rings is 1. The molecule has 1 aromatic heterocycles. The first-order valence-corrected chi connectivity index (χ1v) is 5.93. The van der Waals surface area contributed by atoms with E-state index in [4.69, 9.17) is 4.74 Å². The van der Waals surface area contributed by atoms with Crippen LogP contribution in [0.15, 0.2) is 34.5 Å². The van der Waals surface area contributed by atoms with Crippen LogP contribution in [0.4, 0.5) is 5.69 Å². The maximum atomic E-state index is 11.4. The predicted octanol–water partition coefficient (Wildman–Crippen LogP) is 2.53. The SMILES string of the molecule is CCOCC(=O)N=Nc1c(O)n(C)c2ccccc12. The van der Waals surface area contributed by atoms with E-state index < -0.39 is 5.91 Å². The standard InChI is InChI=1S/C13H15N3O3/c1-3-19-8-11(17)14-15-12-9-6-4-5-7-10(9)16(2)13(12)18/h4-7,18H,3,8H2,1-2H3. The monoisotopic (exact) mass is 261 g/mol. The molecular weight excluding hydrogens is 246 g/mol. The number of hydrogen-bond donors (Lipinski definition) is 1. The third kappa shape index (κ3) is 2.63. The number of amides is 1. The molecule has 100 valence electrons. The number of azo groups is 1. The summed E-state index contributed by atoms with van der Waals surface area (Å²) in [4.78, 5) is 11.4. The van der Waals surface area contributed by atoms with E-state index >= 15 is 0 Å². The minimum absolute atomic E-state index is 0.0193. The minimum Gasteiger partial charge on any atom is -0.493 e. The third-order valence-electron chi connectivity index (χ3n) is 2.74. The molecule has 2 aromatic rings. The number of aryl methyl sites for hydroxylation is 1. The number of aromatic nitrogens is 1. The van der Waals surface area contributed by atoms with Crippen LogP contribution in [0.1, 0.15) is 6.92 Å². The van der Waals surface area contributed by atoms with Gasteiger partial charge in [0.05, 0.1) is 5.52 Å². The second-order valence-electron chi connectivity index (χ2n) is 3.98. The molecule has 6 nitrogen and oxygen atoms in total. The van der Waals surface area contributed by atoms with Crippen molar-refractivity contribution in [1.82, 2.24) is 4.57 Å². The highest BCUT2D eigenvalue weighted by atomic mass is 16.5. The zero-order valence-electron chi connectivity index (χ0n) is 10.8. The summed E-state index contributed by atoms with van der Waals surface area (Å²) in [5.74, 6) is -0.497. The molecule has 0 bridgehead atoms. The Morgan fingerprint density at radius 1 is 1.42 bits per heavy atom. The zero-order chi connectivity index (χ0) is 13.8.